The number of aromatic nitrogens is 4. The van der Waals surface area contributed by atoms with Crippen LogP contribution in [0.5, 0.6) is 0 Å². The van der Waals surface area contributed by atoms with Crippen LogP contribution in [0.1, 0.15) is 18.9 Å². The van der Waals surface area contributed by atoms with E-state index in [1.165, 1.54) is 12.4 Å². The fraction of sp³-hybridized carbons (Fsp3) is 0.214. The molecule has 6 heteroatoms. The summed E-state index contributed by atoms with van der Waals surface area (Å²) in [5, 5.41) is 0. The number of rotatable bonds is 2. The molecule has 0 spiro atoms. The van der Waals surface area contributed by atoms with Gasteiger partial charge in [0.25, 0.3) is 0 Å². The molecule has 0 atom stereocenters. The summed E-state index contributed by atoms with van der Waals surface area (Å²) in [5.74, 6) is -1.10. The predicted octanol–water partition coefficient (Wildman–Crippen LogP) is 3.11. The third-order valence-electron chi connectivity index (χ3n) is 3.47. The van der Waals surface area contributed by atoms with Crippen LogP contribution < -0.4 is 0 Å². The predicted molar refractivity (Wildman–Crippen MR) is 68.9 cm³/mol. The molecule has 0 unspecified atom stereocenters. The number of benzene rings is 1. The molecule has 100 valence electrons. The van der Waals surface area contributed by atoms with Gasteiger partial charge in [-0.2, -0.15) is 0 Å². The molecule has 4 rings (SSSR count). The molecule has 20 heavy (non-hydrogen) atoms. The molecular formula is C14H10F2N4. The van der Waals surface area contributed by atoms with Crippen LogP contribution in [-0.2, 0) is 0 Å². The maximum absolute atomic E-state index is 14.1. The molecule has 1 saturated carbocycles. The first-order chi connectivity index (χ1) is 9.75. The second-order valence-electron chi connectivity index (χ2n) is 4.89. The standard InChI is InChI=1S/C14H10F2N4/c15-10-3-4-11-13(12(10)16)20(9-1-2-9)14(19-11)8-5-17-7-18-6-8/h3-7,9H,1-2H2. The van der Waals surface area contributed by atoms with E-state index in [1.807, 2.05) is 0 Å². The Morgan fingerprint density at radius 2 is 1.85 bits per heavy atom. The topological polar surface area (TPSA) is 43.6 Å². The minimum Gasteiger partial charge on any atom is -0.318 e. The molecule has 4 nitrogen and oxygen atoms in total. The normalized spacial score (nSPS) is 14.9. The Hall–Kier alpha value is -2.37. The molecule has 1 aliphatic rings. The summed E-state index contributed by atoms with van der Waals surface area (Å²) in [7, 11) is 0. The maximum Gasteiger partial charge on any atom is 0.184 e. The first-order valence-electron chi connectivity index (χ1n) is 6.37. The highest BCUT2D eigenvalue weighted by atomic mass is 19.2. The quantitative estimate of drug-likeness (QED) is 0.720. The van der Waals surface area contributed by atoms with E-state index in [0.717, 1.165) is 18.9 Å². The van der Waals surface area contributed by atoms with E-state index in [9.17, 15) is 8.78 Å². The maximum atomic E-state index is 14.1. The van der Waals surface area contributed by atoms with Crippen LogP contribution in [0.2, 0.25) is 0 Å². The van der Waals surface area contributed by atoms with Gasteiger partial charge in [-0.3, -0.25) is 0 Å². The van der Waals surface area contributed by atoms with E-state index in [4.69, 9.17) is 0 Å². The fourth-order valence-electron chi connectivity index (χ4n) is 2.43. The SMILES string of the molecule is Fc1ccc2nc(-c3cncnc3)n(C3CC3)c2c1F. The number of hydrogen-bond donors (Lipinski definition) is 0. The molecule has 0 bridgehead atoms. The van der Waals surface area contributed by atoms with E-state index >= 15 is 0 Å². The van der Waals surface area contributed by atoms with Gasteiger partial charge in [0, 0.05) is 18.4 Å². The van der Waals surface area contributed by atoms with Gasteiger partial charge < -0.3 is 4.57 Å². The molecule has 0 radical (unpaired) electrons. The molecule has 0 amide bonds. The summed E-state index contributed by atoms with van der Waals surface area (Å²) in [5.41, 5.74) is 1.39. The van der Waals surface area contributed by atoms with Crippen molar-refractivity contribution < 1.29 is 8.78 Å². The molecule has 1 fully saturated rings. The van der Waals surface area contributed by atoms with Crippen LogP contribution in [0, 0.1) is 11.6 Å². The number of hydrogen-bond acceptors (Lipinski definition) is 3. The summed E-state index contributed by atoms with van der Waals surface area (Å²) in [6.45, 7) is 0. The van der Waals surface area contributed by atoms with Crippen molar-refractivity contribution >= 4 is 11.0 Å². The highest BCUT2D eigenvalue weighted by Crippen LogP contribution is 2.41. The zero-order valence-electron chi connectivity index (χ0n) is 10.4. The van der Waals surface area contributed by atoms with Gasteiger partial charge in [0.15, 0.2) is 11.6 Å². The zero-order valence-corrected chi connectivity index (χ0v) is 10.4. The third kappa shape index (κ3) is 1.61. The summed E-state index contributed by atoms with van der Waals surface area (Å²) in [6.07, 6.45) is 6.57. The van der Waals surface area contributed by atoms with Crippen molar-refractivity contribution in [3.63, 3.8) is 0 Å². The smallest absolute Gasteiger partial charge is 0.184 e. The average molecular weight is 272 g/mol. The van der Waals surface area contributed by atoms with Gasteiger partial charge >= 0.3 is 0 Å². The lowest BCUT2D eigenvalue weighted by Gasteiger charge is -2.07. The Morgan fingerprint density at radius 3 is 2.55 bits per heavy atom. The van der Waals surface area contributed by atoms with E-state index in [-0.39, 0.29) is 11.6 Å². The number of nitrogens with zero attached hydrogens (tertiary/aromatic N) is 4. The van der Waals surface area contributed by atoms with Gasteiger partial charge in [-0.1, -0.05) is 0 Å². The van der Waals surface area contributed by atoms with Crippen LogP contribution in [0.4, 0.5) is 8.78 Å². The van der Waals surface area contributed by atoms with E-state index in [0.29, 0.717) is 16.9 Å². The second-order valence-corrected chi connectivity index (χ2v) is 4.89. The number of fused-ring (bicyclic) bond motifs is 1. The first kappa shape index (κ1) is 11.5. The second kappa shape index (κ2) is 4.06. The molecule has 0 saturated heterocycles. The van der Waals surface area contributed by atoms with Gasteiger partial charge in [-0.25, -0.2) is 23.7 Å². The Balaban J connectivity index is 2.07. The van der Waals surface area contributed by atoms with Crippen LogP contribution in [0.3, 0.4) is 0 Å². The Labute approximate surface area is 113 Å². The minimum absolute atomic E-state index is 0.173. The summed E-state index contributed by atoms with van der Waals surface area (Å²) in [4.78, 5) is 12.3. The molecular weight excluding hydrogens is 262 g/mol. The van der Waals surface area contributed by atoms with Crippen molar-refractivity contribution in [1.29, 1.82) is 0 Å². The van der Waals surface area contributed by atoms with Crippen LogP contribution in [-0.4, -0.2) is 19.5 Å². The lowest BCUT2D eigenvalue weighted by molar-refractivity contribution is 0.511. The molecule has 3 aromatic rings. The molecule has 1 aromatic carbocycles. The fourth-order valence-corrected chi connectivity index (χ4v) is 2.43. The highest BCUT2D eigenvalue weighted by Gasteiger charge is 2.30. The van der Waals surface area contributed by atoms with Crippen molar-refractivity contribution in [1.82, 2.24) is 19.5 Å². The van der Waals surface area contributed by atoms with E-state index < -0.39 is 11.6 Å². The molecule has 2 aromatic heterocycles. The van der Waals surface area contributed by atoms with Crippen molar-refractivity contribution in [2.75, 3.05) is 0 Å². The molecule has 0 N–H and O–H groups in total. The largest absolute Gasteiger partial charge is 0.318 e. The average Bonchev–Trinajstić information content (AvgIpc) is 3.24. The monoisotopic (exact) mass is 272 g/mol. The van der Waals surface area contributed by atoms with Crippen LogP contribution in [0.25, 0.3) is 22.4 Å². The molecule has 0 aliphatic heterocycles. The molecule has 1 aliphatic carbocycles. The van der Waals surface area contributed by atoms with Crippen LogP contribution >= 0.6 is 0 Å². The van der Waals surface area contributed by atoms with Gasteiger partial charge in [0.1, 0.15) is 17.7 Å². The Kier molecular flexibility index (Phi) is 2.33. The number of halogens is 2. The van der Waals surface area contributed by atoms with Gasteiger partial charge in [0.2, 0.25) is 0 Å². The summed E-state index contributed by atoms with van der Waals surface area (Å²) in [6, 6.07) is 2.78. The lowest BCUT2D eigenvalue weighted by Crippen LogP contribution is -2.00. The first-order valence-corrected chi connectivity index (χ1v) is 6.37. The third-order valence-corrected chi connectivity index (χ3v) is 3.47. The van der Waals surface area contributed by atoms with E-state index in [2.05, 4.69) is 15.0 Å². The van der Waals surface area contributed by atoms with Crippen molar-refractivity contribution in [2.24, 2.45) is 0 Å². The Bertz CT molecular complexity index is 794. The minimum atomic E-state index is -0.852. The van der Waals surface area contributed by atoms with Crippen molar-refractivity contribution in [3.05, 3.63) is 42.5 Å². The van der Waals surface area contributed by atoms with Gasteiger partial charge in [-0.15, -0.1) is 0 Å². The lowest BCUT2D eigenvalue weighted by atomic mass is 10.3. The molecule has 2 heterocycles. The zero-order chi connectivity index (χ0) is 13.7. The van der Waals surface area contributed by atoms with Crippen molar-refractivity contribution in [2.45, 2.75) is 18.9 Å². The van der Waals surface area contributed by atoms with Crippen LogP contribution in [0.15, 0.2) is 30.9 Å². The summed E-state index contributed by atoms with van der Waals surface area (Å²) < 4.78 is 29.4. The highest BCUT2D eigenvalue weighted by molar-refractivity contribution is 5.81. The summed E-state index contributed by atoms with van der Waals surface area (Å²) >= 11 is 0. The van der Waals surface area contributed by atoms with E-state index in [1.54, 1.807) is 17.0 Å². The van der Waals surface area contributed by atoms with Crippen molar-refractivity contribution in [3.8, 4) is 11.4 Å². The van der Waals surface area contributed by atoms with Gasteiger partial charge in [0.05, 0.1) is 11.1 Å². The Morgan fingerprint density at radius 1 is 1.10 bits per heavy atom. The number of imidazole rings is 1. The van der Waals surface area contributed by atoms with Gasteiger partial charge in [-0.05, 0) is 25.0 Å².